The summed E-state index contributed by atoms with van der Waals surface area (Å²) in [6.07, 6.45) is 5.86. The van der Waals surface area contributed by atoms with Crippen molar-refractivity contribution in [1.29, 1.82) is 0 Å². The molecular formula is C22H21N3O2. The highest BCUT2D eigenvalue weighted by molar-refractivity contribution is 6.00. The number of urea groups is 1. The average Bonchev–Trinajstić information content (AvgIpc) is 2.67. The first-order chi connectivity index (χ1) is 13.2. The summed E-state index contributed by atoms with van der Waals surface area (Å²) < 4.78 is 6.26. The largest absolute Gasteiger partial charge is 0.487 e. The summed E-state index contributed by atoms with van der Waals surface area (Å²) in [4.78, 5) is 17.1. The van der Waals surface area contributed by atoms with Gasteiger partial charge in [0.15, 0.2) is 0 Å². The molecule has 136 valence electrons. The number of pyridine rings is 1. The molecule has 3 aromatic rings. The number of carbonyl (C=O) groups excluding carboxylic acids is 1. The Morgan fingerprint density at radius 3 is 2.81 bits per heavy atom. The van der Waals surface area contributed by atoms with Crippen LogP contribution in [0.3, 0.4) is 0 Å². The van der Waals surface area contributed by atoms with Crippen molar-refractivity contribution in [2.75, 3.05) is 5.32 Å². The molecule has 1 spiro atoms. The van der Waals surface area contributed by atoms with E-state index >= 15 is 0 Å². The van der Waals surface area contributed by atoms with E-state index in [-0.39, 0.29) is 17.7 Å². The van der Waals surface area contributed by atoms with E-state index < -0.39 is 0 Å². The molecule has 0 saturated heterocycles. The van der Waals surface area contributed by atoms with Crippen LogP contribution in [-0.2, 0) is 0 Å². The van der Waals surface area contributed by atoms with E-state index in [1.807, 2.05) is 54.6 Å². The van der Waals surface area contributed by atoms with Gasteiger partial charge in [-0.25, -0.2) is 4.79 Å². The second kappa shape index (κ2) is 6.27. The second-order valence-corrected chi connectivity index (χ2v) is 7.41. The molecule has 0 bridgehead atoms. The van der Waals surface area contributed by atoms with E-state index in [9.17, 15) is 4.79 Å². The molecule has 2 heterocycles. The van der Waals surface area contributed by atoms with E-state index in [0.29, 0.717) is 0 Å². The molecule has 1 unspecified atom stereocenters. The summed E-state index contributed by atoms with van der Waals surface area (Å²) in [5, 5.41) is 7.09. The lowest BCUT2D eigenvalue weighted by molar-refractivity contribution is -0.0354. The van der Waals surface area contributed by atoms with Gasteiger partial charge in [0.1, 0.15) is 11.4 Å². The van der Waals surface area contributed by atoms with Crippen LogP contribution in [0.25, 0.3) is 10.9 Å². The van der Waals surface area contributed by atoms with Crippen LogP contribution in [0.5, 0.6) is 5.75 Å². The van der Waals surface area contributed by atoms with Gasteiger partial charge in [-0.15, -0.1) is 0 Å². The first-order valence-electron chi connectivity index (χ1n) is 9.42. The molecule has 1 aliphatic heterocycles. The lowest BCUT2D eigenvalue weighted by Gasteiger charge is -2.48. The average molecular weight is 359 g/mol. The lowest BCUT2D eigenvalue weighted by Crippen LogP contribution is -2.50. The number of ether oxygens (including phenoxy) is 1. The fourth-order valence-corrected chi connectivity index (χ4v) is 4.15. The third-order valence-electron chi connectivity index (χ3n) is 5.66. The molecular weight excluding hydrogens is 338 g/mol. The Morgan fingerprint density at radius 1 is 1.07 bits per heavy atom. The number of hydrogen-bond donors (Lipinski definition) is 2. The van der Waals surface area contributed by atoms with E-state index in [1.54, 1.807) is 6.20 Å². The molecule has 5 heteroatoms. The van der Waals surface area contributed by atoms with Gasteiger partial charge >= 0.3 is 6.03 Å². The minimum Gasteiger partial charge on any atom is -0.487 e. The smallest absolute Gasteiger partial charge is 0.319 e. The van der Waals surface area contributed by atoms with Crippen molar-refractivity contribution >= 4 is 22.6 Å². The van der Waals surface area contributed by atoms with Gasteiger partial charge in [0.2, 0.25) is 0 Å². The number of nitrogens with one attached hydrogen (secondary N) is 2. The maximum Gasteiger partial charge on any atom is 0.319 e. The standard InChI is InChI=1S/C22H21N3O2/c26-21(24-18-9-3-8-17-15(18)7-4-13-23-17)25-19-14-22(11-5-12-22)27-20-10-2-1-6-16(19)20/h1-4,6-10,13,19H,5,11-12,14H2,(H2,24,25,26). The van der Waals surface area contributed by atoms with Gasteiger partial charge in [0.25, 0.3) is 0 Å². The number of fused-ring (bicyclic) bond motifs is 2. The fraction of sp³-hybridized carbons (Fsp3) is 0.273. The van der Waals surface area contributed by atoms with Crippen LogP contribution in [0, 0.1) is 0 Å². The van der Waals surface area contributed by atoms with Crippen LogP contribution in [0.4, 0.5) is 10.5 Å². The highest BCUT2D eigenvalue weighted by Gasteiger charge is 2.45. The van der Waals surface area contributed by atoms with Crippen molar-refractivity contribution in [1.82, 2.24) is 10.3 Å². The molecule has 0 radical (unpaired) electrons. The number of nitrogens with zero attached hydrogens (tertiary/aromatic N) is 1. The Morgan fingerprint density at radius 2 is 1.96 bits per heavy atom. The van der Waals surface area contributed by atoms with Crippen LogP contribution in [0.1, 0.15) is 37.3 Å². The molecule has 1 aromatic heterocycles. The second-order valence-electron chi connectivity index (χ2n) is 7.41. The van der Waals surface area contributed by atoms with Crippen molar-refractivity contribution in [3.8, 4) is 5.75 Å². The number of carbonyl (C=O) groups is 1. The molecule has 2 amide bonds. The van der Waals surface area contributed by atoms with Gasteiger partial charge in [0.05, 0.1) is 17.2 Å². The van der Waals surface area contributed by atoms with Gasteiger partial charge in [0, 0.05) is 23.6 Å². The van der Waals surface area contributed by atoms with Gasteiger partial charge < -0.3 is 15.4 Å². The zero-order chi connectivity index (χ0) is 18.3. The molecule has 2 N–H and O–H groups in total. The molecule has 2 aromatic carbocycles. The summed E-state index contributed by atoms with van der Waals surface area (Å²) >= 11 is 0. The van der Waals surface area contributed by atoms with Crippen molar-refractivity contribution in [3.63, 3.8) is 0 Å². The predicted molar refractivity (Wildman–Crippen MR) is 105 cm³/mol. The molecule has 5 rings (SSSR count). The Bertz CT molecular complexity index is 1010. The highest BCUT2D eigenvalue weighted by atomic mass is 16.5. The van der Waals surface area contributed by atoms with Crippen LogP contribution < -0.4 is 15.4 Å². The molecule has 1 atom stereocenters. The first kappa shape index (κ1) is 16.1. The molecule has 1 saturated carbocycles. The quantitative estimate of drug-likeness (QED) is 0.691. The Kier molecular flexibility index (Phi) is 3.74. The van der Waals surface area contributed by atoms with Gasteiger partial charge in [-0.05, 0) is 49.6 Å². The Labute approximate surface area is 157 Å². The summed E-state index contributed by atoms with van der Waals surface area (Å²) in [5.41, 5.74) is 2.55. The van der Waals surface area contributed by atoms with Crippen molar-refractivity contribution in [2.24, 2.45) is 0 Å². The molecule has 27 heavy (non-hydrogen) atoms. The highest BCUT2D eigenvalue weighted by Crippen LogP contribution is 2.48. The van der Waals surface area contributed by atoms with Crippen LogP contribution >= 0.6 is 0 Å². The lowest BCUT2D eigenvalue weighted by atomic mass is 9.73. The maximum atomic E-state index is 12.8. The number of rotatable bonds is 2. The monoisotopic (exact) mass is 359 g/mol. The van der Waals surface area contributed by atoms with E-state index in [2.05, 4.69) is 15.6 Å². The number of para-hydroxylation sites is 1. The summed E-state index contributed by atoms with van der Waals surface area (Å²) in [7, 11) is 0. The third-order valence-corrected chi connectivity index (χ3v) is 5.66. The summed E-state index contributed by atoms with van der Waals surface area (Å²) in [5.74, 6) is 0.892. The minimum absolute atomic E-state index is 0.0525. The van der Waals surface area contributed by atoms with E-state index in [1.165, 1.54) is 6.42 Å². The molecule has 1 aliphatic carbocycles. The van der Waals surface area contributed by atoms with Gasteiger partial charge in [-0.3, -0.25) is 4.98 Å². The zero-order valence-electron chi connectivity index (χ0n) is 14.9. The number of aromatic nitrogens is 1. The number of benzene rings is 2. The Balaban J connectivity index is 1.39. The van der Waals surface area contributed by atoms with Crippen molar-refractivity contribution in [2.45, 2.75) is 37.3 Å². The predicted octanol–water partition coefficient (Wildman–Crippen LogP) is 4.80. The number of anilines is 1. The molecule has 2 aliphatic rings. The molecule has 5 nitrogen and oxygen atoms in total. The molecule has 1 fully saturated rings. The zero-order valence-corrected chi connectivity index (χ0v) is 14.9. The Hall–Kier alpha value is -3.08. The maximum absolute atomic E-state index is 12.8. The van der Waals surface area contributed by atoms with Crippen LogP contribution in [-0.4, -0.2) is 16.6 Å². The minimum atomic E-state index is -0.206. The normalized spacial score (nSPS) is 19.6. The van der Waals surface area contributed by atoms with E-state index in [4.69, 9.17) is 4.74 Å². The first-order valence-corrected chi connectivity index (χ1v) is 9.42. The van der Waals surface area contributed by atoms with Gasteiger partial charge in [-0.2, -0.15) is 0 Å². The van der Waals surface area contributed by atoms with Crippen LogP contribution in [0.2, 0.25) is 0 Å². The van der Waals surface area contributed by atoms with Crippen molar-refractivity contribution < 1.29 is 9.53 Å². The number of hydrogen-bond acceptors (Lipinski definition) is 3. The van der Waals surface area contributed by atoms with Crippen molar-refractivity contribution in [3.05, 3.63) is 66.4 Å². The van der Waals surface area contributed by atoms with Crippen LogP contribution in [0.15, 0.2) is 60.8 Å². The third kappa shape index (κ3) is 2.89. The van der Waals surface area contributed by atoms with Gasteiger partial charge in [-0.1, -0.05) is 24.3 Å². The summed E-state index contributed by atoms with van der Waals surface area (Å²) in [6.45, 7) is 0. The topological polar surface area (TPSA) is 63.2 Å². The number of amides is 2. The SMILES string of the molecule is O=C(Nc1cccc2ncccc12)NC1CC2(CCC2)Oc2ccccc21. The summed E-state index contributed by atoms with van der Waals surface area (Å²) in [6, 6.07) is 17.3. The van der Waals surface area contributed by atoms with E-state index in [0.717, 1.165) is 47.2 Å². The fourth-order valence-electron chi connectivity index (χ4n) is 4.15.